The molecular weight excluding hydrogens is 505 g/mol. The van der Waals surface area contributed by atoms with E-state index in [-0.39, 0.29) is 24.9 Å². The smallest absolute Gasteiger partial charge is 0.369 e. The number of rotatable bonds is 4. The summed E-state index contributed by atoms with van der Waals surface area (Å²) in [5, 5.41) is 12.9. The van der Waals surface area contributed by atoms with Crippen molar-refractivity contribution in [1.82, 2.24) is 10.2 Å². The van der Waals surface area contributed by atoms with Crippen molar-refractivity contribution >= 4 is 5.91 Å². The van der Waals surface area contributed by atoms with Gasteiger partial charge in [0.05, 0.1) is 0 Å². The molecule has 11 heteroatoms. The summed E-state index contributed by atoms with van der Waals surface area (Å²) in [6.07, 6.45) is -10.6. The van der Waals surface area contributed by atoms with Gasteiger partial charge in [-0.05, 0) is 49.2 Å². The topological polar surface area (TPSA) is 52.6 Å². The van der Waals surface area contributed by atoms with Gasteiger partial charge in [0.1, 0.15) is 5.82 Å². The van der Waals surface area contributed by atoms with Crippen molar-refractivity contribution in [2.75, 3.05) is 26.2 Å². The summed E-state index contributed by atoms with van der Waals surface area (Å²) in [5.41, 5.74) is -6.07. The molecule has 2 heterocycles. The number of aliphatic hydroxyl groups is 1. The number of carbonyl (C=O) groups excluding carboxylic acids is 1. The molecule has 0 saturated carbocycles. The summed E-state index contributed by atoms with van der Waals surface area (Å²) in [5.74, 6) is -1.21. The maximum Gasteiger partial charge on any atom is 0.430 e. The van der Waals surface area contributed by atoms with Crippen LogP contribution in [0.4, 0.5) is 30.7 Å². The first-order valence-corrected chi connectivity index (χ1v) is 11.9. The monoisotopic (exact) mass is 532 g/mol. The van der Waals surface area contributed by atoms with Crippen LogP contribution < -0.4 is 5.32 Å². The van der Waals surface area contributed by atoms with Gasteiger partial charge < -0.3 is 15.3 Å². The number of hydrogen-bond acceptors (Lipinski definition) is 3. The molecule has 2 aromatic carbocycles. The summed E-state index contributed by atoms with van der Waals surface area (Å²) >= 11 is 0. The third-order valence-corrected chi connectivity index (χ3v) is 7.75. The van der Waals surface area contributed by atoms with Crippen LogP contribution in [0.15, 0.2) is 48.5 Å². The van der Waals surface area contributed by atoms with Crippen LogP contribution in [-0.4, -0.2) is 54.4 Å². The zero-order chi connectivity index (χ0) is 27.2. The normalized spacial score (nSPS) is 23.9. The minimum absolute atomic E-state index is 0.0579. The molecule has 2 N–H and O–H groups in total. The average molecular weight is 533 g/mol. The molecule has 202 valence electrons. The predicted octanol–water partition coefficient (Wildman–Crippen LogP) is 5.02. The van der Waals surface area contributed by atoms with Crippen LogP contribution >= 0.6 is 0 Å². The van der Waals surface area contributed by atoms with Gasteiger partial charge in [0.25, 0.3) is 5.60 Å². The van der Waals surface area contributed by atoms with Gasteiger partial charge in [-0.25, -0.2) is 4.39 Å². The van der Waals surface area contributed by atoms with Crippen molar-refractivity contribution in [3.05, 3.63) is 71.0 Å². The Morgan fingerprint density at radius 2 is 1.49 bits per heavy atom. The minimum atomic E-state index is -5.99. The van der Waals surface area contributed by atoms with Gasteiger partial charge in [-0.3, -0.25) is 4.79 Å². The van der Waals surface area contributed by atoms with Crippen LogP contribution in [-0.2, 0) is 15.8 Å². The van der Waals surface area contributed by atoms with Crippen molar-refractivity contribution in [1.29, 1.82) is 0 Å². The fourth-order valence-electron chi connectivity index (χ4n) is 5.53. The number of likely N-dealkylation sites (tertiary alicyclic amines) is 1. The zero-order valence-corrected chi connectivity index (χ0v) is 20.0. The highest BCUT2D eigenvalue weighted by atomic mass is 19.4. The lowest BCUT2D eigenvalue weighted by molar-refractivity contribution is -0.376. The highest BCUT2D eigenvalue weighted by Gasteiger charge is 2.71. The van der Waals surface area contributed by atoms with Crippen LogP contribution in [0.5, 0.6) is 0 Å². The van der Waals surface area contributed by atoms with Crippen LogP contribution in [0.2, 0.25) is 0 Å². The van der Waals surface area contributed by atoms with Gasteiger partial charge in [0, 0.05) is 35.9 Å². The summed E-state index contributed by atoms with van der Waals surface area (Å²) < 4.78 is 93.6. The molecule has 4 rings (SSSR count). The number of carbonyl (C=O) groups is 1. The molecule has 2 fully saturated rings. The first-order chi connectivity index (χ1) is 17.2. The summed E-state index contributed by atoms with van der Waals surface area (Å²) in [6, 6.07) is 9.18. The van der Waals surface area contributed by atoms with Gasteiger partial charge in [-0.2, -0.15) is 26.3 Å². The lowest BCUT2D eigenvalue weighted by Gasteiger charge is -2.34. The Morgan fingerprint density at radius 1 is 0.946 bits per heavy atom. The highest BCUT2D eigenvalue weighted by molar-refractivity contribution is 5.80. The minimum Gasteiger partial charge on any atom is -0.369 e. The molecule has 4 nitrogen and oxygen atoms in total. The summed E-state index contributed by atoms with van der Waals surface area (Å²) in [6.45, 7) is 3.69. The molecule has 2 aliphatic heterocycles. The van der Waals surface area contributed by atoms with Crippen molar-refractivity contribution < 1.29 is 40.6 Å². The Balaban J connectivity index is 1.71. The van der Waals surface area contributed by atoms with Crippen molar-refractivity contribution in [3.8, 4) is 0 Å². The lowest BCUT2D eigenvalue weighted by Crippen LogP contribution is -2.53. The largest absolute Gasteiger partial charge is 0.430 e. The standard InChI is InChI=1S/C26H27F7N2O2/c1-23(18-6-8-20(27)9-7-18)15-35(22(36)17-10-12-34-13-11-17)14-21(23)16-2-4-19(5-3-16)24(37,25(28,29)30)26(31,32)33/h2-9,17,21,34,37H,10-15H2,1H3/t21?,23-/m1/s1. The molecule has 2 aromatic rings. The van der Waals surface area contributed by atoms with Gasteiger partial charge in [0.2, 0.25) is 5.91 Å². The lowest BCUT2D eigenvalue weighted by atomic mass is 9.71. The van der Waals surface area contributed by atoms with E-state index in [2.05, 4.69) is 5.32 Å². The molecule has 1 amide bonds. The Labute approximate surface area is 209 Å². The number of hydrogen-bond donors (Lipinski definition) is 2. The molecule has 0 bridgehead atoms. The molecule has 2 atom stereocenters. The zero-order valence-electron chi connectivity index (χ0n) is 20.0. The summed E-state index contributed by atoms with van der Waals surface area (Å²) in [4.78, 5) is 15.0. The maximum atomic E-state index is 13.6. The fourth-order valence-corrected chi connectivity index (χ4v) is 5.53. The van der Waals surface area contributed by atoms with E-state index in [1.165, 1.54) is 12.1 Å². The molecule has 37 heavy (non-hydrogen) atoms. The number of halogens is 7. The second-order valence-corrected chi connectivity index (χ2v) is 10.0. The van der Waals surface area contributed by atoms with Crippen molar-refractivity contribution in [3.63, 3.8) is 0 Å². The third kappa shape index (κ3) is 4.83. The van der Waals surface area contributed by atoms with Crippen LogP contribution in [0, 0.1) is 11.7 Å². The van der Waals surface area contributed by atoms with E-state index in [0.29, 0.717) is 49.2 Å². The summed E-state index contributed by atoms with van der Waals surface area (Å²) in [7, 11) is 0. The van der Waals surface area contributed by atoms with Crippen LogP contribution in [0.3, 0.4) is 0 Å². The van der Waals surface area contributed by atoms with E-state index >= 15 is 0 Å². The quantitative estimate of drug-likeness (QED) is 0.544. The first-order valence-electron chi connectivity index (χ1n) is 11.9. The molecule has 0 radical (unpaired) electrons. The van der Waals surface area contributed by atoms with Crippen molar-refractivity contribution in [2.24, 2.45) is 5.92 Å². The molecule has 1 unspecified atom stereocenters. The molecule has 2 saturated heterocycles. The van der Waals surface area contributed by atoms with Gasteiger partial charge in [0.15, 0.2) is 0 Å². The van der Waals surface area contributed by atoms with Crippen LogP contribution in [0.1, 0.15) is 42.4 Å². The van der Waals surface area contributed by atoms with Crippen LogP contribution in [0.25, 0.3) is 0 Å². The number of alkyl halides is 6. The molecule has 0 aromatic heterocycles. The SMILES string of the molecule is C[C@]1(c2ccc(F)cc2)CN(C(=O)C2CCNCC2)CC1c1ccc(C(O)(C(F)(F)F)C(F)(F)F)cc1. The Bertz CT molecular complexity index is 1100. The number of piperidine rings is 1. The number of nitrogens with zero attached hydrogens (tertiary/aromatic N) is 1. The highest BCUT2D eigenvalue weighted by Crippen LogP contribution is 2.51. The molecule has 0 aliphatic carbocycles. The number of benzene rings is 2. The van der Waals surface area contributed by atoms with Crippen molar-refractivity contribution in [2.45, 2.75) is 49.1 Å². The molecule has 0 spiro atoms. The Hall–Kier alpha value is -2.66. The Morgan fingerprint density at radius 3 is 2.00 bits per heavy atom. The van der Waals surface area contributed by atoms with E-state index in [9.17, 15) is 40.6 Å². The average Bonchev–Trinajstić information content (AvgIpc) is 3.21. The third-order valence-electron chi connectivity index (χ3n) is 7.75. The first kappa shape index (κ1) is 27.4. The van der Waals surface area contributed by atoms with Gasteiger partial charge >= 0.3 is 12.4 Å². The fraction of sp³-hybridized carbons (Fsp3) is 0.500. The van der Waals surface area contributed by atoms with E-state index in [0.717, 1.165) is 12.1 Å². The van der Waals surface area contributed by atoms with E-state index < -0.39 is 40.7 Å². The maximum absolute atomic E-state index is 13.6. The van der Waals surface area contributed by atoms with Gasteiger partial charge in [-0.1, -0.05) is 43.3 Å². The second-order valence-electron chi connectivity index (χ2n) is 10.0. The molecular formula is C26H27F7N2O2. The number of amides is 1. The molecule has 2 aliphatic rings. The second kappa shape index (κ2) is 9.58. The van der Waals surface area contributed by atoms with E-state index in [1.807, 2.05) is 6.92 Å². The predicted molar refractivity (Wildman–Crippen MR) is 121 cm³/mol. The number of nitrogens with one attached hydrogen (secondary N) is 1. The van der Waals surface area contributed by atoms with Gasteiger partial charge in [-0.15, -0.1) is 0 Å². The Kier molecular flexibility index (Phi) is 7.09. The van der Waals surface area contributed by atoms with E-state index in [4.69, 9.17) is 0 Å². The van der Waals surface area contributed by atoms with E-state index in [1.54, 1.807) is 17.0 Å².